The van der Waals surface area contributed by atoms with E-state index in [0.717, 1.165) is 0 Å². The summed E-state index contributed by atoms with van der Waals surface area (Å²) in [5.74, 6) is 1.17. The van der Waals surface area contributed by atoms with Crippen molar-refractivity contribution in [2.24, 2.45) is 0 Å². The number of hydrogen-bond acceptors (Lipinski definition) is 3. The molecule has 1 N–H and O–H groups in total. The van der Waals surface area contributed by atoms with Crippen LogP contribution in [-0.2, 0) is 0 Å². The van der Waals surface area contributed by atoms with Gasteiger partial charge in [0.2, 0.25) is 0 Å². The maximum Gasteiger partial charge on any atom is 0.0206 e. The van der Waals surface area contributed by atoms with Gasteiger partial charge in [-0.15, -0.1) is 0 Å². The highest BCUT2D eigenvalue weighted by Crippen LogP contribution is 1.93. The van der Waals surface area contributed by atoms with Crippen molar-refractivity contribution < 1.29 is 0 Å². The van der Waals surface area contributed by atoms with E-state index in [1.54, 1.807) is 11.9 Å². The molecule has 0 aromatic carbocycles. The molecule has 0 atom stereocenters. The van der Waals surface area contributed by atoms with E-state index >= 15 is 0 Å². The van der Waals surface area contributed by atoms with Crippen LogP contribution in [0.15, 0.2) is 0 Å². The smallest absolute Gasteiger partial charge is 0.0206 e. The van der Waals surface area contributed by atoms with Gasteiger partial charge >= 0.3 is 0 Å². The molecule has 0 saturated carbocycles. The van der Waals surface area contributed by atoms with E-state index in [-0.39, 0.29) is 0 Å². The summed E-state index contributed by atoms with van der Waals surface area (Å²) in [6.07, 6.45) is 1.25. The summed E-state index contributed by atoms with van der Waals surface area (Å²) in [6.45, 7) is 4.60. The molecule has 0 saturated heterocycles. The van der Waals surface area contributed by atoms with Crippen molar-refractivity contribution in [2.45, 2.75) is 13.3 Å². The van der Waals surface area contributed by atoms with E-state index in [0.29, 0.717) is 0 Å². The van der Waals surface area contributed by atoms with Crippen molar-refractivity contribution in [1.82, 2.24) is 9.62 Å². The molecule has 0 unspecified atom stereocenters. The molecule has 0 aromatic heterocycles. The molecule has 0 aliphatic carbocycles. The highest BCUT2D eigenvalue weighted by atomic mass is 32.2. The molecule has 0 rings (SSSR count). The van der Waals surface area contributed by atoms with Crippen LogP contribution in [0.1, 0.15) is 13.3 Å². The summed E-state index contributed by atoms with van der Waals surface area (Å²) in [7, 11) is 4.13. The molecule has 0 aliphatic rings. The van der Waals surface area contributed by atoms with Gasteiger partial charge in [0.15, 0.2) is 0 Å². The van der Waals surface area contributed by atoms with Gasteiger partial charge < -0.3 is 4.90 Å². The van der Waals surface area contributed by atoms with Crippen LogP contribution in [0.2, 0.25) is 0 Å². The molecule has 0 fully saturated rings. The van der Waals surface area contributed by atoms with Gasteiger partial charge in [0, 0.05) is 12.3 Å². The Morgan fingerprint density at radius 3 is 2.60 bits per heavy atom. The molecular formula is C7H18N2S. The fourth-order valence-corrected chi connectivity index (χ4v) is 1.40. The molecule has 0 bridgehead atoms. The van der Waals surface area contributed by atoms with Gasteiger partial charge in [0.1, 0.15) is 0 Å². The molecule has 0 radical (unpaired) electrons. The summed E-state index contributed by atoms with van der Waals surface area (Å²) in [5.41, 5.74) is 0. The molecule has 0 amide bonds. The average molecular weight is 162 g/mol. The zero-order valence-corrected chi connectivity index (χ0v) is 8.00. The van der Waals surface area contributed by atoms with Crippen molar-refractivity contribution in [3.8, 4) is 0 Å². The van der Waals surface area contributed by atoms with Crippen LogP contribution in [-0.4, -0.2) is 37.8 Å². The van der Waals surface area contributed by atoms with E-state index in [9.17, 15) is 0 Å². The lowest BCUT2D eigenvalue weighted by molar-refractivity contribution is 0.356. The van der Waals surface area contributed by atoms with E-state index in [1.807, 2.05) is 7.05 Å². The Labute approximate surface area is 68.5 Å². The fourth-order valence-electron chi connectivity index (χ4n) is 0.797. The third-order valence-corrected chi connectivity index (χ3v) is 2.00. The Morgan fingerprint density at radius 1 is 1.40 bits per heavy atom. The Hall–Kier alpha value is 0.270. The van der Waals surface area contributed by atoms with Gasteiger partial charge in [-0.25, -0.2) is 0 Å². The maximum absolute atomic E-state index is 3.06. The Bertz CT molecular complexity index is 68.6. The summed E-state index contributed by atoms with van der Waals surface area (Å²) in [5, 5.41) is 0. The SMILES string of the molecule is CCCN(C)CCSNC. The van der Waals surface area contributed by atoms with E-state index in [1.165, 1.54) is 25.3 Å². The Kier molecular flexibility index (Phi) is 7.58. The van der Waals surface area contributed by atoms with Gasteiger partial charge in [0.05, 0.1) is 0 Å². The van der Waals surface area contributed by atoms with Gasteiger partial charge in [0.25, 0.3) is 0 Å². The first kappa shape index (κ1) is 10.3. The number of rotatable bonds is 6. The van der Waals surface area contributed by atoms with Crippen LogP contribution in [0.3, 0.4) is 0 Å². The lowest BCUT2D eigenvalue weighted by Gasteiger charge is -2.13. The number of hydrogen-bond donors (Lipinski definition) is 1. The molecule has 0 aliphatic heterocycles. The first-order valence-electron chi connectivity index (χ1n) is 3.78. The first-order valence-corrected chi connectivity index (χ1v) is 4.77. The zero-order valence-electron chi connectivity index (χ0n) is 7.18. The van der Waals surface area contributed by atoms with Gasteiger partial charge in [-0.1, -0.05) is 18.9 Å². The van der Waals surface area contributed by atoms with Crippen molar-refractivity contribution >= 4 is 11.9 Å². The van der Waals surface area contributed by atoms with E-state index in [4.69, 9.17) is 0 Å². The lowest BCUT2D eigenvalue weighted by atomic mass is 10.4. The molecule has 0 aromatic rings. The van der Waals surface area contributed by atoms with Crippen molar-refractivity contribution in [2.75, 3.05) is 32.9 Å². The monoisotopic (exact) mass is 162 g/mol. The minimum atomic E-state index is 1.17. The summed E-state index contributed by atoms with van der Waals surface area (Å²) < 4.78 is 3.06. The summed E-state index contributed by atoms with van der Waals surface area (Å²) in [4.78, 5) is 2.35. The van der Waals surface area contributed by atoms with E-state index in [2.05, 4.69) is 23.6 Å². The molecule has 3 heteroatoms. The molecule has 10 heavy (non-hydrogen) atoms. The van der Waals surface area contributed by atoms with Gasteiger partial charge in [-0.2, -0.15) is 0 Å². The topological polar surface area (TPSA) is 15.3 Å². The van der Waals surface area contributed by atoms with Crippen LogP contribution >= 0.6 is 11.9 Å². The number of nitrogens with zero attached hydrogens (tertiary/aromatic N) is 1. The minimum absolute atomic E-state index is 1.17. The predicted molar refractivity (Wildman–Crippen MR) is 49.3 cm³/mol. The average Bonchev–Trinajstić information content (AvgIpc) is 1.89. The number of nitrogens with one attached hydrogen (secondary N) is 1. The minimum Gasteiger partial charge on any atom is -0.306 e. The Morgan fingerprint density at radius 2 is 2.10 bits per heavy atom. The normalized spacial score (nSPS) is 10.8. The van der Waals surface area contributed by atoms with Crippen LogP contribution in [0, 0.1) is 0 Å². The maximum atomic E-state index is 3.06. The zero-order chi connectivity index (χ0) is 7.82. The first-order chi connectivity index (χ1) is 4.81. The molecule has 0 spiro atoms. The third-order valence-electron chi connectivity index (χ3n) is 1.32. The van der Waals surface area contributed by atoms with Crippen LogP contribution in [0.5, 0.6) is 0 Å². The predicted octanol–water partition coefficient (Wildman–Crippen LogP) is 1.20. The second-order valence-electron chi connectivity index (χ2n) is 2.36. The second kappa shape index (κ2) is 7.38. The van der Waals surface area contributed by atoms with Crippen LogP contribution in [0.25, 0.3) is 0 Å². The quantitative estimate of drug-likeness (QED) is 0.466. The molecule has 0 heterocycles. The summed E-state index contributed by atoms with van der Waals surface area (Å²) in [6, 6.07) is 0. The van der Waals surface area contributed by atoms with Crippen LogP contribution < -0.4 is 4.72 Å². The highest BCUT2D eigenvalue weighted by molar-refractivity contribution is 7.97. The van der Waals surface area contributed by atoms with Crippen molar-refractivity contribution in [1.29, 1.82) is 0 Å². The van der Waals surface area contributed by atoms with Crippen molar-refractivity contribution in [3.05, 3.63) is 0 Å². The van der Waals surface area contributed by atoms with E-state index < -0.39 is 0 Å². The standard InChI is InChI=1S/C7H18N2S/c1-4-5-9(3)6-7-10-8-2/h8H,4-7H2,1-3H3. The van der Waals surface area contributed by atoms with Gasteiger partial charge in [-0.3, -0.25) is 4.72 Å². The molecule has 2 nitrogen and oxygen atoms in total. The van der Waals surface area contributed by atoms with Gasteiger partial charge in [-0.05, 0) is 27.1 Å². The highest BCUT2D eigenvalue weighted by Gasteiger charge is 1.93. The van der Waals surface area contributed by atoms with Crippen molar-refractivity contribution in [3.63, 3.8) is 0 Å². The third kappa shape index (κ3) is 6.39. The molecule has 62 valence electrons. The summed E-state index contributed by atoms with van der Waals surface area (Å²) >= 11 is 1.77. The van der Waals surface area contributed by atoms with Crippen LogP contribution in [0.4, 0.5) is 0 Å². The molecular weight excluding hydrogens is 144 g/mol. The Balaban J connectivity index is 2.97. The second-order valence-corrected chi connectivity index (χ2v) is 3.46. The lowest BCUT2D eigenvalue weighted by Crippen LogP contribution is -2.22. The fraction of sp³-hybridized carbons (Fsp3) is 1.00. The largest absolute Gasteiger partial charge is 0.306 e.